The molecule has 0 saturated carbocycles. The molecule has 16 nitrogen and oxygen atoms in total. The Morgan fingerprint density at radius 1 is 1.00 bits per heavy atom. The van der Waals surface area contributed by atoms with E-state index in [9.17, 15) is 24.0 Å². The van der Waals surface area contributed by atoms with Crippen molar-refractivity contribution in [1.82, 2.24) is 41.2 Å². The molecule has 4 bridgehead atoms. The standard InChI is InChI=1S/C37H48N8O8/c1-24(38-2)33(46)39-29-15-18-52-23-27-22-44(43-42-27)17-19-53-28-13-11-26(12-14-28)21-31(37(50)51-3)41-34(47)30(20-25-8-5-4-6-9-25)40-35(48)32-10-7-16-45(32)36(29)49/h4-6,8-9,11-14,22,24,29-32,38H,7,10,15-21,23H2,1-3H3,(H,39,46)(H,40,48)(H,41,47). The summed E-state index contributed by atoms with van der Waals surface area (Å²) in [6.45, 7) is 2.95. The van der Waals surface area contributed by atoms with Gasteiger partial charge in [0.05, 0.1) is 32.5 Å². The lowest BCUT2D eigenvalue weighted by molar-refractivity contribution is -0.145. The first-order chi connectivity index (χ1) is 25.6. The van der Waals surface area contributed by atoms with Crippen LogP contribution in [0.15, 0.2) is 60.8 Å². The molecule has 3 aromatic rings. The summed E-state index contributed by atoms with van der Waals surface area (Å²) in [5.41, 5.74) is 2.11. The van der Waals surface area contributed by atoms with Crippen molar-refractivity contribution in [2.75, 3.05) is 33.9 Å². The Morgan fingerprint density at radius 3 is 2.51 bits per heavy atom. The van der Waals surface area contributed by atoms with Crippen molar-refractivity contribution in [3.05, 3.63) is 77.6 Å². The molecule has 0 radical (unpaired) electrons. The van der Waals surface area contributed by atoms with Crippen molar-refractivity contribution in [1.29, 1.82) is 0 Å². The van der Waals surface area contributed by atoms with Crippen LogP contribution in [0, 0.1) is 0 Å². The molecule has 0 aliphatic carbocycles. The molecule has 1 fully saturated rings. The fourth-order valence-corrected chi connectivity index (χ4v) is 6.23. The first-order valence-electron chi connectivity index (χ1n) is 17.8. The molecular weight excluding hydrogens is 684 g/mol. The molecule has 5 atom stereocenters. The number of nitrogens with one attached hydrogen (secondary N) is 4. The minimum absolute atomic E-state index is 0.113. The normalized spacial score (nSPS) is 22.6. The molecule has 1 saturated heterocycles. The average molecular weight is 733 g/mol. The minimum atomic E-state index is -1.09. The topological polar surface area (TPSA) is 195 Å². The first kappa shape index (κ1) is 38.9. The van der Waals surface area contributed by atoms with Crippen molar-refractivity contribution in [3.63, 3.8) is 0 Å². The molecule has 3 aliphatic rings. The van der Waals surface area contributed by atoms with Crippen LogP contribution in [-0.2, 0) is 59.4 Å². The predicted molar refractivity (Wildman–Crippen MR) is 191 cm³/mol. The summed E-state index contributed by atoms with van der Waals surface area (Å²) < 4.78 is 18.4. The van der Waals surface area contributed by atoms with Gasteiger partial charge in [0.15, 0.2) is 0 Å². The number of carbonyl (C=O) groups excluding carboxylic acids is 5. The van der Waals surface area contributed by atoms with Crippen LogP contribution < -0.4 is 26.0 Å². The zero-order chi connectivity index (χ0) is 37.7. The molecule has 6 rings (SSSR count). The number of aromatic nitrogens is 3. The second-order valence-corrected chi connectivity index (χ2v) is 13.1. The van der Waals surface area contributed by atoms with Crippen LogP contribution in [0.5, 0.6) is 5.75 Å². The van der Waals surface area contributed by atoms with Gasteiger partial charge in [-0.05, 0) is 56.5 Å². The van der Waals surface area contributed by atoms with E-state index in [1.54, 1.807) is 49.1 Å². The lowest BCUT2D eigenvalue weighted by atomic mass is 10.0. The van der Waals surface area contributed by atoms with Crippen molar-refractivity contribution in [2.45, 2.75) is 82.4 Å². The summed E-state index contributed by atoms with van der Waals surface area (Å²) in [5.74, 6) is -1.96. The maximum absolute atomic E-state index is 14.1. The zero-order valence-corrected chi connectivity index (χ0v) is 30.3. The molecule has 16 heteroatoms. The van der Waals surface area contributed by atoms with Gasteiger partial charge in [-0.1, -0.05) is 47.7 Å². The summed E-state index contributed by atoms with van der Waals surface area (Å²) in [4.78, 5) is 69.3. The van der Waals surface area contributed by atoms with Crippen LogP contribution in [0.3, 0.4) is 0 Å². The number of carbonyl (C=O) groups is 5. The van der Waals surface area contributed by atoms with Crippen molar-refractivity contribution < 1.29 is 38.2 Å². The average Bonchev–Trinajstić information content (AvgIpc) is 3.85. The van der Waals surface area contributed by atoms with Crippen molar-refractivity contribution in [3.8, 4) is 5.75 Å². The lowest BCUT2D eigenvalue weighted by Gasteiger charge is -2.30. The highest BCUT2D eigenvalue weighted by molar-refractivity contribution is 5.96. The van der Waals surface area contributed by atoms with Gasteiger partial charge in [0.2, 0.25) is 23.6 Å². The molecule has 4 N–H and O–H groups in total. The van der Waals surface area contributed by atoms with Gasteiger partial charge in [-0.15, -0.1) is 5.10 Å². The maximum atomic E-state index is 14.1. The molecule has 4 heterocycles. The SMILES string of the molecule is CNC(C)C(=O)NC1CCOCc2cn(nn2)CCOc2ccc(cc2)CC(C(=O)OC)NC(=O)C(Cc2ccccc2)NC(=O)C2CCCN2C1=O. The second kappa shape index (κ2) is 18.9. The Morgan fingerprint density at radius 2 is 1.77 bits per heavy atom. The molecule has 3 aliphatic heterocycles. The van der Waals surface area contributed by atoms with Crippen LogP contribution in [0.4, 0.5) is 0 Å². The van der Waals surface area contributed by atoms with Gasteiger partial charge in [-0.2, -0.15) is 0 Å². The Balaban J connectivity index is 1.42. The highest BCUT2D eigenvalue weighted by Gasteiger charge is 2.39. The summed E-state index contributed by atoms with van der Waals surface area (Å²) >= 11 is 0. The van der Waals surface area contributed by atoms with Gasteiger partial charge in [0.25, 0.3) is 0 Å². The summed E-state index contributed by atoms with van der Waals surface area (Å²) in [7, 11) is 2.89. The fourth-order valence-electron chi connectivity index (χ4n) is 6.23. The van der Waals surface area contributed by atoms with Gasteiger partial charge in [-0.25, -0.2) is 9.48 Å². The Labute approximate surface area is 308 Å². The highest BCUT2D eigenvalue weighted by atomic mass is 16.5. The van der Waals surface area contributed by atoms with Gasteiger partial charge in [-0.3, -0.25) is 19.2 Å². The summed E-state index contributed by atoms with van der Waals surface area (Å²) in [5, 5.41) is 19.6. The van der Waals surface area contributed by atoms with E-state index in [2.05, 4.69) is 31.6 Å². The second-order valence-electron chi connectivity index (χ2n) is 13.1. The Kier molecular flexibility index (Phi) is 13.9. The van der Waals surface area contributed by atoms with E-state index in [0.29, 0.717) is 37.4 Å². The predicted octanol–water partition coefficient (Wildman–Crippen LogP) is 0.289. The number of hydrogen-bond donors (Lipinski definition) is 4. The maximum Gasteiger partial charge on any atom is 0.328 e. The van der Waals surface area contributed by atoms with E-state index in [0.717, 1.165) is 11.1 Å². The van der Waals surface area contributed by atoms with E-state index in [1.165, 1.54) is 12.0 Å². The van der Waals surface area contributed by atoms with Crippen molar-refractivity contribution in [2.24, 2.45) is 0 Å². The highest BCUT2D eigenvalue weighted by Crippen LogP contribution is 2.21. The zero-order valence-electron chi connectivity index (χ0n) is 30.3. The number of rotatable bonds is 6. The lowest BCUT2D eigenvalue weighted by Crippen LogP contribution is -2.58. The molecule has 53 heavy (non-hydrogen) atoms. The third-order valence-electron chi connectivity index (χ3n) is 9.34. The van der Waals surface area contributed by atoms with E-state index in [-0.39, 0.29) is 44.9 Å². The third kappa shape index (κ3) is 10.8. The molecule has 0 spiro atoms. The van der Waals surface area contributed by atoms with Gasteiger partial charge in [0, 0.05) is 26.0 Å². The minimum Gasteiger partial charge on any atom is -0.492 e. The van der Waals surface area contributed by atoms with Crippen LogP contribution in [-0.4, -0.2) is 114 Å². The number of esters is 1. The monoisotopic (exact) mass is 732 g/mol. The molecule has 2 aromatic carbocycles. The van der Waals surface area contributed by atoms with Crippen molar-refractivity contribution >= 4 is 29.6 Å². The fraction of sp³-hybridized carbons (Fsp3) is 0.486. The van der Waals surface area contributed by atoms with E-state index in [4.69, 9.17) is 14.2 Å². The Bertz CT molecular complexity index is 1700. The van der Waals surface area contributed by atoms with Crippen LogP contribution in [0.25, 0.3) is 0 Å². The molecule has 284 valence electrons. The number of methoxy groups -OCH3 is 1. The smallest absolute Gasteiger partial charge is 0.328 e. The van der Waals surface area contributed by atoms with Gasteiger partial charge < -0.3 is 40.4 Å². The number of fused-ring (bicyclic) bond motifs is 15. The molecule has 1 aromatic heterocycles. The Hall–Kier alpha value is -5.35. The van der Waals surface area contributed by atoms with Gasteiger partial charge >= 0.3 is 5.97 Å². The number of ether oxygens (including phenoxy) is 3. The quantitative estimate of drug-likeness (QED) is 0.255. The van der Waals surface area contributed by atoms with Crippen LogP contribution >= 0.6 is 0 Å². The first-order valence-corrected chi connectivity index (χ1v) is 17.8. The number of amides is 4. The van der Waals surface area contributed by atoms with Crippen LogP contribution in [0.2, 0.25) is 0 Å². The van der Waals surface area contributed by atoms with E-state index in [1.807, 2.05) is 30.3 Å². The van der Waals surface area contributed by atoms with Crippen LogP contribution in [0.1, 0.15) is 43.0 Å². The molecule has 4 amide bonds. The number of benzene rings is 2. The third-order valence-corrected chi connectivity index (χ3v) is 9.34. The largest absolute Gasteiger partial charge is 0.492 e. The molecular formula is C37H48N8O8. The summed E-state index contributed by atoms with van der Waals surface area (Å²) in [6.07, 6.45) is 3.05. The number of nitrogens with zero attached hydrogens (tertiary/aromatic N) is 4. The number of hydrogen-bond acceptors (Lipinski definition) is 11. The van der Waals surface area contributed by atoms with E-state index >= 15 is 0 Å². The number of likely N-dealkylation sites (N-methyl/N-ethyl adjacent to an activating group) is 1. The molecule has 5 unspecified atom stereocenters. The van der Waals surface area contributed by atoms with Gasteiger partial charge in [0.1, 0.15) is 42.2 Å². The van der Waals surface area contributed by atoms with E-state index < -0.39 is 53.9 Å². The summed E-state index contributed by atoms with van der Waals surface area (Å²) in [6, 6.07) is 11.7.